The highest BCUT2D eigenvalue weighted by atomic mass is 32.2. The van der Waals surface area contributed by atoms with Gasteiger partial charge in [0, 0.05) is 0 Å². The molecule has 0 aliphatic heterocycles. The van der Waals surface area contributed by atoms with E-state index in [0.717, 1.165) is 6.54 Å². The van der Waals surface area contributed by atoms with Crippen LogP contribution in [0.4, 0.5) is 13.2 Å². The number of nitrogens with zero attached hydrogens (tertiary/aromatic N) is 4. The first-order chi connectivity index (χ1) is 9.10. The van der Waals surface area contributed by atoms with Crippen LogP contribution in [-0.2, 0) is 23.4 Å². The molecule has 0 amide bonds. The Kier molecular flexibility index (Phi) is 6.16. The lowest BCUT2D eigenvalue weighted by atomic mass is 10.7. The van der Waals surface area contributed by atoms with E-state index < -0.39 is 20.3 Å². The average Bonchev–Trinajstić information content (AvgIpc) is 2.76. The van der Waals surface area contributed by atoms with Gasteiger partial charge in [-0.3, -0.25) is 0 Å². The average molecular weight is 308 g/mol. The SMILES string of the molecule is CCn1cc[n+](C)c1.N#CC(=C=[N-])S(=O)(=O)C(F)(F)F. The van der Waals surface area contributed by atoms with Gasteiger partial charge in [0.1, 0.15) is 18.5 Å². The molecular formula is C10H11F3N4O2S. The smallest absolute Gasteiger partial charge is 0.503 e. The minimum absolute atomic E-state index is 0.646. The van der Waals surface area contributed by atoms with Gasteiger partial charge in [-0.15, -0.1) is 0 Å². The fourth-order valence-electron chi connectivity index (χ4n) is 0.950. The highest BCUT2D eigenvalue weighted by Gasteiger charge is 2.48. The Bertz CT molecular complexity index is 649. The number of sulfone groups is 1. The molecule has 1 rings (SSSR count). The second-order valence-corrected chi connectivity index (χ2v) is 5.29. The van der Waals surface area contributed by atoms with E-state index in [4.69, 9.17) is 10.7 Å². The number of aryl methyl sites for hydroxylation is 2. The van der Waals surface area contributed by atoms with Crippen molar-refractivity contribution in [1.82, 2.24) is 4.57 Å². The Balaban J connectivity index is 0.000000388. The summed E-state index contributed by atoms with van der Waals surface area (Å²) in [5, 5.41) is 15.7. The zero-order chi connectivity index (χ0) is 16.0. The van der Waals surface area contributed by atoms with Gasteiger partial charge in [-0.1, -0.05) is 0 Å². The van der Waals surface area contributed by atoms with Crippen LogP contribution in [0.5, 0.6) is 0 Å². The van der Waals surface area contributed by atoms with Crippen molar-refractivity contribution in [3.05, 3.63) is 29.0 Å². The maximum atomic E-state index is 11.5. The van der Waals surface area contributed by atoms with Gasteiger partial charge in [0.15, 0.2) is 4.91 Å². The summed E-state index contributed by atoms with van der Waals surface area (Å²) < 4.78 is 59.2. The molecule has 1 heterocycles. The van der Waals surface area contributed by atoms with Gasteiger partial charge in [-0.25, -0.2) is 23.4 Å². The normalized spacial score (nSPS) is 10.8. The molecule has 0 radical (unpaired) electrons. The third-order valence-electron chi connectivity index (χ3n) is 1.97. The van der Waals surface area contributed by atoms with Crippen molar-refractivity contribution in [2.24, 2.45) is 7.05 Å². The van der Waals surface area contributed by atoms with Crippen molar-refractivity contribution >= 4 is 15.7 Å². The number of halogens is 3. The summed E-state index contributed by atoms with van der Waals surface area (Å²) in [4.78, 5) is -1.85. The van der Waals surface area contributed by atoms with Crippen LogP contribution < -0.4 is 4.57 Å². The van der Waals surface area contributed by atoms with Crippen molar-refractivity contribution in [3.63, 3.8) is 0 Å². The van der Waals surface area contributed by atoms with Crippen LogP contribution in [0.25, 0.3) is 5.41 Å². The van der Waals surface area contributed by atoms with Crippen LogP contribution in [0.3, 0.4) is 0 Å². The predicted molar refractivity (Wildman–Crippen MR) is 63.7 cm³/mol. The van der Waals surface area contributed by atoms with E-state index in [1.807, 2.05) is 17.8 Å². The van der Waals surface area contributed by atoms with Gasteiger partial charge in [-0.05, 0) is 6.92 Å². The Morgan fingerprint density at radius 2 is 2.05 bits per heavy atom. The highest BCUT2D eigenvalue weighted by Crippen LogP contribution is 2.27. The molecule has 0 aliphatic rings. The maximum Gasteiger partial charge on any atom is 0.503 e. The topological polar surface area (TPSA) is 89.0 Å². The molecule has 0 aromatic carbocycles. The molecule has 110 valence electrons. The van der Waals surface area contributed by atoms with E-state index in [0.29, 0.717) is 11.9 Å². The van der Waals surface area contributed by atoms with Crippen molar-refractivity contribution in [1.29, 1.82) is 5.26 Å². The highest BCUT2D eigenvalue weighted by molar-refractivity contribution is 7.96. The third-order valence-corrected chi connectivity index (χ3v) is 3.29. The fraction of sp³-hybridized carbons (Fsp3) is 0.400. The van der Waals surface area contributed by atoms with Gasteiger partial charge in [0.2, 0.25) is 6.33 Å². The van der Waals surface area contributed by atoms with Gasteiger partial charge < -0.3 is 5.41 Å². The quantitative estimate of drug-likeness (QED) is 0.462. The second kappa shape index (κ2) is 6.88. The first-order valence-electron chi connectivity index (χ1n) is 5.09. The molecule has 0 spiro atoms. The van der Waals surface area contributed by atoms with E-state index >= 15 is 0 Å². The largest absolute Gasteiger partial charge is 0.762 e. The van der Waals surface area contributed by atoms with E-state index in [9.17, 15) is 21.6 Å². The van der Waals surface area contributed by atoms with Crippen LogP contribution in [0, 0.1) is 11.3 Å². The van der Waals surface area contributed by atoms with Gasteiger partial charge in [-0.2, -0.15) is 18.4 Å². The Hall–Kier alpha value is -2.11. The molecule has 0 N–H and O–H groups in total. The summed E-state index contributed by atoms with van der Waals surface area (Å²) in [5.41, 5.74) is -5.59. The first kappa shape index (κ1) is 17.9. The number of rotatable bonds is 2. The Morgan fingerprint density at radius 1 is 1.50 bits per heavy atom. The molecule has 0 saturated carbocycles. The number of nitriles is 1. The number of hydrogen-bond donors (Lipinski definition) is 0. The first-order valence-corrected chi connectivity index (χ1v) is 6.58. The minimum Gasteiger partial charge on any atom is -0.762 e. The molecular weight excluding hydrogens is 297 g/mol. The van der Waals surface area contributed by atoms with E-state index in [-0.39, 0.29) is 0 Å². The molecule has 0 fully saturated rings. The lowest BCUT2D eigenvalue weighted by Crippen LogP contribution is -2.24. The zero-order valence-corrected chi connectivity index (χ0v) is 11.4. The second-order valence-electron chi connectivity index (χ2n) is 3.41. The van der Waals surface area contributed by atoms with Crippen molar-refractivity contribution in [3.8, 4) is 6.07 Å². The number of alkyl halides is 3. The summed E-state index contributed by atoms with van der Waals surface area (Å²) in [5.74, 6) is 0.646. The van der Waals surface area contributed by atoms with Crippen molar-refractivity contribution in [2.45, 2.75) is 19.0 Å². The molecule has 6 nitrogen and oxygen atoms in total. The van der Waals surface area contributed by atoms with E-state index in [1.54, 1.807) is 0 Å². The number of hydrogen-bond acceptors (Lipinski definition) is 3. The zero-order valence-electron chi connectivity index (χ0n) is 10.6. The lowest BCUT2D eigenvalue weighted by molar-refractivity contribution is -0.671. The third kappa shape index (κ3) is 4.53. The van der Waals surface area contributed by atoms with Crippen LogP contribution in [0.1, 0.15) is 6.92 Å². The molecule has 10 heteroatoms. The summed E-state index contributed by atoms with van der Waals surface area (Å²) in [6.07, 6.45) is 6.14. The molecule has 0 saturated heterocycles. The fourth-order valence-corrected chi connectivity index (χ4v) is 1.42. The number of imidazole rings is 1. The summed E-state index contributed by atoms with van der Waals surface area (Å²) >= 11 is 0. The standard InChI is InChI=1S/C6H11N2.C4F3N2O2S/c1-3-8-5-4-7(2)6-8;5-4(6,7)12(10,11)3(1-8)2-9/h4-6H,3H2,1-2H3;/q+1;-1. The molecule has 1 aromatic heterocycles. The summed E-state index contributed by atoms with van der Waals surface area (Å²) in [6, 6.07) is 0.646. The lowest BCUT2D eigenvalue weighted by Gasteiger charge is -2.04. The molecule has 0 unspecified atom stereocenters. The monoisotopic (exact) mass is 308 g/mol. The number of allylic oxidation sites excluding steroid dienone is 1. The van der Waals surface area contributed by atoms with Crippen LogP contribution in [0.15, 0.2) is 23.6 Å². The van der Waals surface area contributed by atoms with E-state index in [1.165, 1.54) is 0 Å². The van der Waals surface area contributed by atoms with Crippen LogP contribution in [0.2, 0.25) is 0 Å². The Labute approximate surface area is 113 Å². The molecule has 20 heavy (non-hydrogen) atoms. The number of aromatic nitrogens is 2. The molecule has 0 aliphatic carbocycles. The van der Waals surface area contributed by atoms with Gasteiger partial charge >= 0.3 is 5.51 Å². The van der Waals surface area contributed by atoms with Gasteiger partial charge in [0.05, 0.1) is 13.6 Å². The van der Waals surface area contributed by atoms with Crippen molar-refractivity contribution in [2.75, 3.05) is 0 Å². The predicted octanol–water partition coefficient (Wildman–Crippen LogP) is 0.900. The molecule has 0 atom stereocenters. The van der Waals surface area contributed by atoms with E-state index in [2.05, 4.69) is 24.0 Å². The molecule has 1 aromatic rings. The van der Waals surface area contributed by atoms with Gasteiger partial charge in [0.25, 0.3) is 9.84 Å². The summed E-state index contributed by atoms with van der Waals surface area (Å²) in [7, 11) is -3.72. The summed E-state index contributed by atoms with van der Waals surface area (Å²) in [6.45, 7) is 3.18. The molecule has 0 bridgehead atoms. The van der Waals surface area contributed by atoms with Crippen molar-refractivity contribution < 1.29 is 26.2 Å². The van der Waals surface area contributed by atoms with Crippen LogP contribution in [-0.4, -0.2) is 24.4 Å². The Morgan fingerprint density at radius 3 is 2.20 bits per heavy atom. The minimum atomic E-state index is -5.74. The maximum absolute atomic E-state index is 11.5. The van der Waals surface area contributed by atoms with Crippen LogP contribution >= 0.6 is 0 Å².